The van der Waals surface area contributed by atoms with E-state index >= 15 is 0 Å². The molecule has 0 aliphatic carbocycles. The summed E-state index contributed by atoms with van der Waals surface area (Å²) in [4.78, 5) is 60.2. The second-order valence-corrected chi connectivity index (χ2v) is 8.66. The number of imide groups is 2. The van der Waals surface area contributed by atoms with Crippen molar-refractivity contribution in [3.8, 4) is 0 Å². The van der Waals surface area contributed by atoms with Gasteiger partial charge in [0.15, 0.2) is 0 Å². The number of aromatic nitrogens is 1. The van der Waals surface area contributed by atoms with Gasteiger partial charge >= 0.3 is 0 Å². The van der Waals surface area contributed by atoms with Crippen LogP contribution >= 0.6 is 0 Å². The minimum absolute atomic E-state index is 0.0340. The average Bonchev–Trinajstić information content (AvgIpc) is 2.90. The first-order valence-electron chi connectivity index (χ1n) is 11.3. The standard InChI is InChI=1S/C29H15N3O4/c33-26-18-10-1-6-16-7-2-11-19(24(16)18)27(34)31(26)22-14-5-15-23(30-22)32-28(35)20-12-3-8-17-9-4-13-21(25(17)20)29(32)36/h1-15H. The Kier molecular flexibility index (Phi) is 4.02. The lowest BCUT2D eigenvalue weighted by Gasteiger charge is -2.29. The van der Waals surface area contributed by atoms with Gasteiger partial charge in [-0.15, -0.1) is 0 Å². The Balaban J connectivity index is 1.35. The van der Waals surface area contributed by atoms with Crippen LogP contribution in [-0.4, -0.2) is 28.6 Å². The van der Waals surface area contributed by atoms with E-state index in [9.17, 15) is 19.2 Å². The van der Waals surface area contributed by atoms with Crippen molar-refractivity contribution in [2.24, 2.45) is 0 Å². The van der Waals surface area contributed by atoms with Gasteiger partial charge in [0, 0.05) is 33.0 Å². The molecule has 0 saturated carbocycles. The van der Waals surface area contributed by atoms with Crippen molar-refractivity contribution in [2.45, 2.75) is 0 Å². The van der Waals surface area contributed by atoms with Crippen LogP contribution in [0, 0.1) is 0 Å². The van der Waals surface area contributed by atoms with Gasteiger partial charge in [-0.25, -0.2) is 14.8 Å². The fourth-order valence-electron chi connectivity index (χ4n) is 5.14. The zero-order valence-corrected chi connectivity index (χ0v) is 18.6. The number of pyridine rings is 1. The number of carbonyl (C=O) groups excluding carboxylic acids is 4. The van der Waals surface area contributed by atoms with Crippen LogP contribution < -0.4 is 9.80 Å². The van der Waals surface area contributed by atoms with Gasteiger partial charge in [0.1, 0.15) is 11.6 Å². The molecule has 2 aliphatic heterocycles. The van der Waals surface area contributed by atoms with Crippen LogP contribution in [0.1, 0.15) is 41.4 Å². The van der Waals surface area contributed by atoms with Gasteiger partial charge in [-0.1, -0.05) is 54.6 Å². The Labute approximate surface area is 204 Å². The van der Waals surface area contributed by atoms with Gasteiger partial charge in [0.05, 0.1) is 0 Å². The molecule has 170 valence electrons. The Morgan fingerprint density at radius 3 is 1.06 bits per heavy atom. The highest BCUT2D eigenvalue weighted by molar-refractivity contribution is 6.37. The van der Waals surface area contributed by atoms with Gasteiger partial charge in [0.25, 0.3) is 23.6 Å². The maximum atomic E-state index is 13.4. The van der Waals surface area contributed by atoms with Gasteiger partial charge in [-0.05, 0) is 47.2 Å². The van der Waals surface area contributed by atoms with Crippen molar-refractivity contribution < 1.29 is 19.2 Å². The molecule has 0 saturated heterocycles. The fourth-order valence-corrected chi connectivity index (χ4v) is 5.14. The van der Waals surface area contributed by atoms with Gasteiger partial charge < -0.3 is 0 Å². The van der Waals surface area contributed by atoms with E-state index in [0.717, 1.165) is 20.6 Å². The smallest absolute Gasteiger partial charge is 0.267 e. The van der Waals surface area contributed by atoms with Gasteiger partial charge in [-0.3, -0.25) is 19.2 Å². The third-order valence-corrected chi connectivity index (χ3v) is 6.72. The summed E-state index contributed by atoms with van der Waals surface area (Å²) >= 11 is 0. The number of benzene rings is 4. The predicted molar refractivity (Wildman–Crippen MR) is 134 cm³/mol. The molecule has 0 unspecified atom stereocenters. The van der Waals surface area contributed by atoms with E-state index < -0.39 is 23.6 Å². The van der Waals surface area contributed by atoms with Crippen molar-refractivity contribution in [3.63, 3.8) is 0 Å². The summed E-state index contributed by atoms with van der Waals surface area (Å²) in [5, 5.41) is 2.80. The molecule has 7 heteroatoms. The minimum Gasteiger partial charge on any atom is -0.268 e. The molecular formula is C29H15N3O4. The lowest BCUT2D eigenvalue weighted by molar-refractivity contribution is 0.0879. The number of hydrogen-bond acceptors (Lipinski definition) is 5. The highest BCUT2D eigenvalue weighted by Crippen LogP contribution is 2.35. The van der Waals surface area contributed by atoms with Crippen molar-refractivity contribution in [3.05, 3.63) is 113 Å². The molecule has 0 bridgehead atoms. The topological polar surface area (TPSA) is 87.7 Å². The van der Waals surface area contributed by atoms with Crippen LogP contribution in [0.3, 0.4) is 0 Å². The quantitative estimate of drug-likeness (QED) is 0.340. The summed E-state index contributed by atoms with van der Waals surface area (Å²) in [7, 11) is 0. The van der Waals surface area contributed by atoms with E-state index in [-0.39, 0.29) is 11.6 Å². The molecule has 0 atom stereocenters. The highest BCUT2D eigenvalue weighted by Gasteiger charge is 2.37. The monoisotopic (exact) mass is 469 g/mol. The summed E-state index contributed by atoms with van der Waals surface area (Å²) in [6, 6.07) is 25.8. The molecule has 4 amide bonds. The Morgan fingerprint density at radius 1 is 0.417 bits per heavy atom. The molecular weight excluding hydrogens is 454 g/mol. The predicted octanol–water partition coefficient (Wildman–Crippen LogP) is 4.99. The number of nitrogens with zero attached hydrogens (tertiary/aromatic N) is 3. The van der Waals surface area contributed by atoms with Crippen LogP contribution in [0.15, 0.2) is 91.0 Å². The molecule has 4 aromatic carbocycles. The largest absolute Gasteiger partial charge is 0.268 e. The third kappa shape index (κ3) is 2.59. The molecule has 0 fully saturated rings. The minimum atomic E-state index is -0.514. The molecule has 3 heterocycles. The summed E-state index contributed by atoms with van der Waals surface area (Å²) in [5.41, 5.74) is 1.56. The van der Waals surface area contributed by atoms with E-state index in [1.807, 2.05) is 24.3 Å². The molecule has 5 aromatic rings. The molecule has 7 rings (SSSR count). The van der Waals surface area contributed by atoms with E-state index in [2.05, 4.69) is 4.98 Å². The van der Waals surface area contributed by atoms with Crippen LogP contribution in [0.25, 0.3) is 21.5 Å². The molecule has 2 aliphatic rings. The third-order valence-electron chi connectivity index (χ3n) is 6.72. The maximum Gasteiger partial charge on any atom is 0.267 e. The van der Waals surface area contributed by atoms with E-state index in [1.54, 1.807) is 54.6 Å². The van der Waals surface area contributed by atoms with Gasteiger partial charge in [-0.2, -0.15) is 0 Å². The Hall–Kier alpha value is -5.17. The van der Waals surface area contributed by atoms with Crippen LogP contribution in [-0.2, 0) is 0 Å². The zero-order chi connectivity index (χ0) is 24.6. The molecule has 1 aromatic heterocycles. The normalized spacial score (nSPS) is 14.8. The molecule has 0 spiro atoms. The van der Waals surface area contributed by atoms with Crippen molar-refractivity contribution in [1.82, 2.24) is 4.98 Å². The number of hydrogen-bond donors (Lipinski definition) is 0. The van der Waals surface area contributed by atoms with E-state index in [4.69, 9.17) is 0 Å². The van der Waals surface area contributed by atoms with E-state index in [0.29, 0.717) is 33.0 Å². The first-order valence-corrected chi connectivity index (χ1v) is 11.3. The molecule has 36 heavy (non-hydrogen) atoms. The van der Waals surface area contributed by atoms with E-state index in [1.165, 1.54) is 12.1 Å². The summed E-state index contributed by atoms with van der Waals surface area (Å²) < 4.78 is 0. The summed E-state index contributed by atoms with van der Waals surface area (Å²) in [6.45, 7) is 0. The number of anilines is 2. The highest BCUT2D eigenvalue weighted by atomic mass is 16.2. The SMILES string of the molecule is O=C1c2cccc3cccc(c23)C(=O)N1c1cccc(N2C(=O)c3cccc4cccc(c34)C2=O)n1. The molecule has 0 radical (unpaired) electrons. The van der Waals surface area contributed by atoms with Crippen LogP contribution in [0.2, 0.25) is 0 Å². The van der Waals surface area contributed by atoms with Crippen LogP contribution in [0.5, 0.6) is 0 Å². The Morgan fingerprint density at radius 2 is 0.722 bits per heavy atom. The Bertz CT molecular complexity index is 1610. The summed E-state index contributed by atoms with van der Waals surface area (Å²) in [6.07, 6.45) is 0. The number of carbonyl (C=O) groups is 4. The lowest BCUT2D eigenvalue weighted by atomic mass is 9.94. The van der Waals surface area contributed by atoms with Crippen LogP contribution in [0.4, 0.5) is 11.6 Å². The zero-order valence-electron chi connectivity index (χ0n) is 18.6. The number of amides is 4. The molecule has 7 nitrogen and oxygen atoms in total. The first kappa shape index (κ1) is 20.2. The molecule has 0 N–H and O–H groups in total. The van der Waals surface area contributed by atoms with Crippen molar-refractivity contribution in [2.75, 3.05) is 9.80 Å². The summed E-state index contributed by atoms with van der Waals surface area (Å²) in [5.74, 6) is -1.99. The lowest BCUT2D eigenvalue weighted by Crippen LogP contribution is -2.43. The first-order chi connectivity index (χ1) is 17.5. The second-order valence-electron chi connectivity index (χ2n) is 8.66. The maximum absolute atomic E-state index is 13.4. The van der Waals surface area contributed by atoms with Crippen molar-refractivity contribution in [1.29, 1.82) is 0 Å². The fraction of sp³-hybridized carbons (Fsp3) is 0. The second kappa shape index (κ2) is 7.16. The van der Waals surface area contributed by atoms with Gasteiger partial charge in [0.2, 0.25) is 0 Å². The van der Waals surface area contributed by atoms with Crippen molar-refractivity contribution >= 4 is 56.8 Å². The average molecular weight is 469 g/mol. The number of rotatable bonds is 2.